The molecule has 2 amide bonds. The van der Waals surface area contributed by atoms with E-state index in [0.717, 1.165) is 5.56 Å². The van der Waals surface area contributed by atoms with Crippen LogP contribution in [-0.2, 0) is 10.2 Å². The van der Waals surface area contributed by atoms with Crippen molar-refractivity contribution in [3.63, 3.8) is 0 Å². The lowest BCUT2D eigenvalue weighted by atomic mass is 9.84. The first kappa shape index (κ1) is 19.9. The average molecular weight is 364 g/mol. The predicted molar refractivity (Wildman–Crippen MR) is 97.9 cm³/mol. The summed E-state index contributed by atoms with van der Waals surface area (Å²) in [4.78, 5) is 25.2. The predicted octanol–water partition coefficient (Wildman–Crippen LogP) is 2.49. The minimum absolute atomic E-state index is 0.218. The van der Waals surface area contributed by atoms with Crippen LogP contribution in [0.25, 0.3) is 0 Å². The summed E-state index contributed by atoms with van der Waals surface area (Å²) in [6, 6.07) is 5.49. The van der Waals surface area contributed by atoms with Gasteiger partial charge in [-0.25, -0.2) is 4.79 Å². The fourth-order valence-electron chi connectivity index (χ4n) is 3.13. The summed E-state index contributed by atoms with van der Waals surface area (Å²) in [6.45, 7) is 5.34. The third kappa shape index (κ3) is 4.59. The normalized spacial score (nSPS) is 17.5. The largest absolute Gasteiger partial charge is 0.493 e. The molecule has 0 radical (unpaired) electrons. The highest BCUT2D eigenvalue weighted by Crippen LogP contribution is 2.33. The van der Waals surface area contributed by atoms with Crippen LogP contribution in [0.15, 0.2) is 18.2 Å². The summed E-state index contributed by atoms with van der Waals surface area (Å²) < 4.78 is 10.6. The molecule has 26 heavy (non-hydrogen) atoms. The van der Waals surface area contributed by atoms with Gasteiger partial charge in [-0.1, -0.05) is 19.9 Å². The zero-order valence-electron chi connectivity index (χ0n) is 15.9. The van der Waals surface area contributed by atoms with E-state index in [2.05, 4.69) is 5.32 Å². The number of carbonyl (C=O) groups excluding carboxylic acids is 1. The number of rotatable bonds is 6. The molecule has 1 saturated heterocycles. The molecule has 0 bridgehead atoms. The van der Waals surface area contributed by atoms with Gasteiger partial charge in [0, 0.05) is 25.0 Å². The number of carbonyl (C=O) groups is 2. The molecule has 144 valence electrons. The summed E-state index contributed by atoms with van der Waals surface area (Å²) in [5.74, 6) is -0.0182. The van der Waals surface area contributed by atoms with Crippen molar-refractivity contribution >= 4 is 12.0 Å². The molecule has 7 heteroatoms. The Hall–Kier alpha value is -2.44. The van der Waals surface area contributed by atoms with Crippen LogP contribution in [0.5, 0.6) is 11.5 Å². The van der Waals surface area contributed by atoms with Crippen LogP contribution in [0.3, 0.4) is 0 Å². The van der Waals surface area contributed by atoms with E-state index in [1.54, 1.807) is 19.1 Å². The van der Waals surface area contributed by atoms with Gasteiger partial charge in [0.05, 0.1) is 20.1 Å². The summed E-state index contributed by atoms with van der Waals surface area (Å²) in [6.07, 6.45) is 1.33. The SMILES string of the molecule is COc1ccc(C(C)(C)CNC(=O)N2CCCC(C(=O)O)C2)cc1OC. The molecule has 0 saturated carbocycles. The lowest BCUT2D eigenvalue weighted by Gasteiger charge is -2.33. The number of aliphatic carboxylic acids is 1. The van der Waals surface area contributed by atoms with Gasteiger partial charge in [-0.05, 0) is 30.5 Å². The maximum atomic E-state index is 12.4. The van der Waals surface area contributed by atoms with Crippen molar-refractivity contribution in [1.29, 1.82) is 0 Å². The highest BCUT2D eigenvalue weighted by Gasteiger charge is 2.29. The van der Waals surface area contributed by atoms with Crippen LogP contribution >= 0.6 is 0 Å². The number of hydrogen-bond donors (Lipinski definition) is 2. The first-order valence-electron chi connectivity index (χ1n) is 8.76. The molecule has 1 aliphatic heterocycles. The lowest BCUT2D eigenvalue weighted by molar-refractivity contribution is -0.143. The van der Waals surface area contributed by atoms with Crippen LogP contribution < -0.4 is 14.8 Å². The minimum Gasteiger partial charge on any atom is -0.493 e. The van der Waals surface area contributed by atoms with Crippen molar-refractivity contribution in [2.24, 2.45) is 5.92 Å². The highest BCUT2D eigenvalue weighted by atomic mass is 16.5. The second kappa shape index (κ2) is 8.29. The number of amides is 2. The zero-order chi connectivity index (χ0) is 19.3. The number of benzene rings is 1. The number of carboxylic acids is 1. The van der Waals surface area contributed by atoms with E-state index in [4.69, 9.17) is 14.6 Å². The van der Waals surface area contributed by atoms with E-state index in [-0.39, 0.29) is 18.0 Å². The van der Waals surface area contributed by atoms with Crippen molar-refractivity contribution in [2.45, 2.75) is 32.1 Å². The number of nitrogens with one attached hydrogen (secondary N) is 1. The molecule has 1 aromatic rings. The Kier molecular flexibility index (Phi) is 6.34. The molecule has 1 aliphatic rings. The topological polar surface area (TPSA) is 88.1 Å². The number of methoxy groups -OCH3 is 2. The van der Waals surface area contributed by atoms with Crippen molar-refractivity contribution in [3.8, 4) is 11.5 Å². The van der Waals surface area contributed by atoms with Gasteiger partial charge >= 0.3 is 12.0 Å². The molecule has 0 aromatic heterocycles. The average Bonchev–Trinajstić information content (AvgIpc) is 2.65. The fourth-order valence-corrected chi connectivity index (χ4v) is 3.13. The van der Waals surface area contributed by atoms with Gasteiger partial charge < -0.3 is 24.8 Å². The van der Waals surface area contributed by atoms with Gasteiger partial charge in [0.2, 0.25) is 0 Å². The van der Waals surface area contributed by atoms with Gasteiger partial charge in [-0.15, -0.1) is 0 Å². The van der Waals surface area contributed by atoms with Gasteiger partial charge in [-0.2, -0.15) is 0 Å². The third-order valence-corrected chi connectivity index (χ3v) is 4.90. The maximum Gasteiger partial charge on any atom is 0.317 e. The van der Waals surface area contributed by atoms with Crippen LogP contribution in [0, 0.1) is 5.92 Å². The molecule has 1 aromatic carbocycles. The molecule has 1 unspecified atom stereocenters. The molecule has 0 aliphatic carbocycles. The number of likely N-dealkylation sites (tertiary alicyclic amines) is 1. The summed E-state index contributed by atoms with van der Waals surface area (Å²) in [5, 5.41) is 12.1. The Balaban J connectivity index is 2.01. The smallest absolute Gasteiger partial charge is 0.317 e. The van der Waals surface area contributed by atoms with Gasteiger partial charge in [-0.3, -0.25) is 4.79 Å². The molecule has 0 spiro atoms. The summed E-state index contributed by atoms with van der Waals surface area (Å²) in [5.41, 5.74) is 0.689. The number of piperidine rings is 1. The Labute approximate surface area is 154 Å². The Morgan fingerprint density at radius 1 is 1.27 bits per heavy atom. The minimum atomic E-state index is -0.840. The standard InChI is InChI=1S/C19H28N2O5/c1-19(2,14-7-8-15(25-3)16(10-14)26-4)12-20-18(24)21-9-5-6-13(11-21)17(22)23/h7-8,10,13H,5-6,9,11-12H2,1-4H3,(H,20,24)(H,22,23). The number of urea groups is 1. The highest BCUT2D eigenvalue weighted by molar-refractivity contribution is 5.76. The monoisotopic (exact) mass is 364 g/mol. The van der Waals surface area contributed by atoms with Crippen LogP contribution in [-0.4, -0.2) is 55.9 Å². The van der Waals surface area contributed by atoms with Crippen LogP contribution in [0.4, 0.5) is 4.79 Å². The van der Waals surface area contributed by atoms with E-state index in [1.165, 1.54) is 0 Å². The Morgan fingerprint density at radius 2 is 1.96 bits per heavy atom. The first-order valence-corrected chi connectivity index (χ1v) is 8.76. The number of carboxylic acid groups (broad SMARTS) is 1. The number of nitrogens with zero attached hydrogens (tertiary/aromatic N) is 1. The second-order valence-corrected chi connectivity index (χ2v) is 7.24. The maximum absolute atomic E-state index is 12.4. The molecule has 1 atom stereocenters. The second-order valence-electron chi connectivity index (χ2n) is 7.24. The molecule has 7 nitrogen and oxygen atoms in total. The van der Waals surface area contributed by atoms with Gasteiger partial charge in [0.1, 0.15) is 0 Å². The molecular weight excluding hydrogens is 336 g/mol. The van der Waals surface area contributed by atoms with E-state index in [9.17, 15) is 9.59 Å². The van der Waals surface area contributed by atoms with Crippen molar-refractivity contribution in [1.82, 2.24) is 10.2 Å². The first-order chi connectivity index (χ1) is 12.3. The van der Waals surface area contributed by atoms with Crippen LogP contribution in [0.2, 0.25) is 0 Å². The molecule has 2 rings (SSSR count). The quantitative estimate of drug-likeness (QED) is 0.810. The summed E-state index contributed by atoms with van der Waals surface area (Å²) >= 11 is 0. The van der Waals surface area contributed by atoms with Crippen molar-refractivity contribution in [2.75, 3.05) is 33.9 Å². The third-order valence-electron chi connectivity index (χ3n) is 4.90. The van der Waals surface area contributed by atoms with E-state index in [0.29, 0.717) is 37.4 Å². The van der Waals surface area contributed by atoms with Gasteiger partial charge in [0.25, 0.3) is 0 Å². The van der Waals surface area contributed by atoms with E-state index in [1.807, 2.05) is 32.0 Å². The van der Waals surface area contributed by atoms with E-state index < -0.39 is 11.9 Å². The zero-order valence-corrected chi connectivity index (χ0v) is 15.9. The molecule has 2 N–H and O–H groups in total. The number of hydrogen-bond acceptors (Lipinski definition) is 4. The fraction of sp³-hybridized carbons (Fsp3) is 0.579. The molecule has 1 heterocycles. The Morgan fingerprint density at radius 3 is 2.58 bits per heavy atom. The van der Waals surface area contributed by atoms with E-state index >= 15 is 0 Å². The van der Waals surface area contributed by atoms with Crippen LogP contribution in [0.1, 0.15) is 32.3 Å². The van der Waals surface area contributed by atoms with Gasteiger partial charge in [0.15, 0.2) is 11.5 Å². The lowest BCUT2D eigenvalue weighted by Crippen LogP contribution is -2.49. The van der Waals surface area contributed by atoms with Crippen molar-refractivity contribution < 1.29 is 24.2 Å². The van der Waals surface area contributed by atoms with Crippen molar-refractivity contribution in [3.05, 3.63) is 23.8 Å². The molecular formula is C19H28N2O5. The molecule has 1 fully saturated rings. The summed E-state index contributed by atoms with van der Waals surface area (Å²) in [7, 11) is 3.18. The Bertz CT molecular complexity index is 659. The number of ether oxygens (including phenoxy) is 2.